The first-order valence-corrected chi connectivity index (χ1v) is 7.87. The number of rotatable bonds is 7. The van der Waals surface area contributed by atoms with Gasteiger partial charge >= 0.3 is 12.6 Å². The van der Waals surface area contributed by atoms with E-state index in [0.29, 0.717) is 0 Å². The Hall–Kier alpha value is -2.96. The molecule has 0 atom stereocenters. The number of hydrogen-bond donors (Lipinski definition) is 1. The van der Waals surface area contributed by atoms with E-state index in [-0.39, 0.29) is 11.4 Å². The Morgan fingerprint density at radius 3 is 2.31 bits per heavy atom. The minimum absolute atomic E-state index is 0.0659. The van der Waals surface area contributed by atoms with Crippen molar-refractivity contribution in [3.05, 3.63) is 60.2 Å². The molecule has 0 aliphatic heterocycles. The van der Waals surface area contributed by atoms with Gasteiger partial charge in [-0.15, -0.1) is 0 Å². The standard InChI is InChI=1S/C19H19F2NO4/c1-19(2,13-8-4-3-5-9-13)17(24)25-12-16(23)22-14-10-6-7-11-15(14)26-18(20)21/h3-11,18H,12H2,1-2H3,(H,22,23). The number of anilines is 1. The lowest BCUT2D eigenvalue weighted by atomic mass is 9.85. The second-order valence-corrected chi connectivity index (χ2v) is 5.99. The van der Waals surface area contributed by atoms with E-state index in [1.807, 2.05) is 6.07 Å². The third-order valence-corrected chi connectivity index (χ3v) is 3.72. The maximum Gasteiger partial charge on any atom is 0.387 e. The van der Waals surface area contributed by atoms with Gasteiger partial charge in [0.05, 0.1) is 11.1 Å². The van der Waals surface area contributed by atoms with E-state index in [1.54, 1.807) is 44.2 Å². The number of ether oxygens (including phenoxy) is 2. The van der Waals surface area contributed by atoms with Gasteiger partial charge in [0.2, 0.25) is 0 Å². The quantitative estimate of drug-likeness (QED) is 0.761. The summed E-state index contributed by atoms with van der Waals surface area (Å²) in [4.78, 5) is 24.3. The molecular formula is C19H19F2NO4. The van der Waals surface area contributed by atoms with Gasteiger partial charge in [0.1, 0.15) is 5.75 Å². The van der Waals surface area contributed by atoms with Crippen LogP contribution in [-0.2, 0) is 19.7 Å². The van der Waals surface area contributed by atoms with Crippen molar-refractivity contribution in [2.45, 2.75) is 25.9 Å². The first kappa shape index (κ1) is 19.4. The monoisotopic (exact) mass is 363 g/mol. The summed E-state index contributed by atoms with van der Waals surface area (Å²) in [7, 11) is 0. The molecule has 0 radical (unpaired) electrons. The van der Waals surface area contributed by atoms with E-state index >= 15 is 0 Å². The summed E-state index contributed by atoms with van der Waals surface area (Å²) in [6.07, 6.45) is 0. The summed E-state index contributed by atoms with van der Waals surface area (Å²) in [6.45, 7) is -0.182. The Morgan fingerprint density at radius 2 is 1.65 bits per heavy atom. The molecule has 0 aliphatic rings. The Bertz CT molecular complexity index is 763. The van der Waals surface area contributed by atoms with E-state index < -0.39 is 30.5 Å². The van der Waals surface area contributed by atoms with Crippen molar-refractivity contribution in [3.63, 3.8) is 0 Å². The average molecular weight is 363 g/mol. The largest absolute Gasteiger partial charge is 0.455 e. The Balaban J connectivity index is 1.96. The van der Waals surface area contributed by atoms with Gasteiger partial charge in [-0.3, -0.25) is 9.59 Å². The van der Waals surface area contributed by atoms with Gasteiger partial charge in [-0.05, 0) is 31.5 Å². The van der Waals surface area contributed by atoms with Crippen molar-refractivity contribution in [3.8, 4) is 5.75 Å². The first-order valence-electron chi connectivity index (χ1n) is 7.87. The van der Waals surface area contributed by atoms with Crippen LogP contribution in [0, 0.1) is 0 Å². The maximum absolute atomic E-state index is 12.4. The number of halogens is 2. The number of carbonyl (C=O) groups excluding carboxylic acids is 2. The molecule has 2 rings (SSSR count). The van der Waals surface area contributed by atoms with Gasteiger partial charge in [-0.1, -0.05) is 42.5 Å². The van der Waals surface area contributed by atoms with Gasteiger partial charge in [0.25, 0.3) is 5.91 Å². The lowest BCUT2D eigenvalue weighted by Crippen LogP contribution is -2.33. The highest BCUT2D eigenvalue weighted by molar-refractivity contribution is 5.94. The number of hydrogen-bond acceptors (Lipinski definition) is 4. The smallest absolute Gasteiger partial charge is 0.387 e. The molecule has 138 valence electrons. The molecule has 0 saturated carbocycles. The maximum atomic E-state index is 12.4. The summed E-state index contributed by atoms with van der Waals surface area (Å²) in [5.41, 5.74) is -0.115. The first-order chi connectivity index (χ1) is 12.3. The number of alkyl halides is 2. The molecule has 0 bridgehead atoms. The number of para-hydroxylation sites is 2. The van der Waals surface area contributed by atoms with Crippen LogP contribution >= 0.6 is 0 Å². The summed E-state index contributed by atoms with van der Waals surface area (Å²) >= 11 is 0. The van der Waals surface area contributed by atoms with Crippen LogP contribution < -0.4 is 10.1 Å². The highest BCUT2D eigenvalue weighted by atomic mass is 19.3. The van der Waals surface area contributed by atoms with Crippen LogP contribution in [0.25, 0.3) is 0 Å². The number of benzene rings is 2. The van der Waals surface area contributed by atoms with Crippen LogP contribution in [0.1, 0.15) is 19.4 Å². The number of esters is 1. The summed E-state index contributed by atoms with van der Waals surface area (Å²) < 4.78 is 34.2. The molecule has 2 aromatic rings. The molecular weight excluding hydrogens is 344 g/mol. The van der Waals surface area contributed by atoms with Gasteiger partial charge in [-0.2, -0.15) is 8.78 Å². The van der Waals surface area contributed by atoms with Crippen LogP contribution in [-0.4, -0.2) is 25.1 Å². The lowest BCUT2D eigenvalue weighted by molar-refractivity contribution is -0.152. The predicted octanol–water partition coefficient (Wildman–Crippen LogP) is 3.75. The zero-order valence-corrected chi connectivity index (χ0v) is 14.4. The van der Waals surface area contributed by atoms with Crippen LogP contribution in [0.15, 0.2) is 54.6 Å². The van der Waals surface area contributed by atoms with Crippen molar-refractivity contribution in [2.75, 3.05) is 11.9 Å². The minimum Gasteiger partial charge on any atom is -0.455 e. The van der Waals surface area contributed by atoms with Crippen molar-refractivity contribution in [1.29, 1.82) is 0 Å². The molecule has 0 unspecified atom stereocenters. The van der Waals surface area contributed by atoms with E-state index in [1.165, 1.54) is 18.2 Å². The van der Waals surface area contributed by atoms with Crippen molar-refractivity contribution >= 4 is 17.6 Å². The lowest BCUT2D eigenvalue weighted by Gasteiger charge is -2.23. The molecule has 0 aliphatic carbocycles. The second kappa shape index (κ2) is 8.42. The molecule has 1 amide bonds. The average Bonchev–Trinajstić information content (AvgIpc) is 2.61. The minimum atomic E-state index is -3.02. The van der Waals surface area contributed by atoms with Crippen LogP contribution in [0.5, 0.6) is 5.75 Å². The van der Waals surface area contributed by atoms with Crippen molar-refractivity contribution in [1.82, 2.24) is 0 Å². The number of nitrogens with one attached hydrogen (secondary N) is 1. The molecule has 0 heterocycles. The third-order valence-electron chi connectivity index (χ3n) is 3.72. The normalized spacial score (nSPS) is 11.1. The fourth-order valence-corrected chi connectivity index (χ4v) is 2.24. The van der Waals surface area contributed by atoms with Gasteiger partial charge in [-0.25, -0.2) is 0 Å². The molecule has 2 aromatic carbocycles. The summed E-state index contributed by atoms with van der Waals surface area (Å²) in [6, 6.07) is 14.8. The van der Waals surface area contributed by atoms with Crippen molar-refractivity contribution < 1.29 is 27.8 Å². The SMILES string of the molecule is CC(C)(C(=O)OCC(=O)Nc1ccccc1OC(F)F)c1ccccc1. The van der Waals surface area contributed by atoms with Gasteiger partial charge < -0.3 is 14.8 Å². The molecule has 0 spiro atoms. The molecule has 0 saturated heterocycles. The van der Waals surface area contributed by atoms with Crippen LogP contribution in [0.2, 0.25) is 0 Å². The molecule has 0 aromatic heterocycles. The summed E-state index contributed by atoms with van der Waals surface area (Å²) in [5, 5.41) is 2.39. The molecule has 5 nitrogen and oxygen atoms in total. The highest BCUT2D eigenvalue weighted by Crippen LogP contribution is 2.26. The molecule has 7 heteroatoms. The van der Waals surface area contributed by atoms with Gasteiger partial charge in [0.15, 0.2) is 6.61 Å². The Labute approximate surface area is 149 Å². The van der Waals surface area contributed by atoms with E-state index in [9.17, 15) is 18.4 Å². The molecule has 1 N–H and O–H groups in total. The Morgan fingerprint density at radius 1 is 1.04 bits per heavy atom. The fourth-order valence-electron chi connectivity index (χ4n) is 2.24. The van der Waals surface area contributed by atoms with E-state index in [0.717, 1.165) is 5.56 Å². The fraction of sp³-hybridized carbons (Fsp3) is 0.263. The molecule has 0 fully saturated rings. The predicted molar refractivity (Wildman–Crippen MR) is 92.1 cm³/mol. The highest BCUT2D eigenvalue weighted by Gasteiger charge is 2.31. The van der Waals surface area contributed by atoms with E-state index in [4.69, 9.17) is 4.74 Å². The van der Waals surface area contributed by atoms with Crippen LogP contribution in [0.4, 0.5) is 14.5 Å². The van der Waals surface area contributed by atoms with E-state index in [2.05, 4.69) is 10.1 Å². The second-order valence-electron chi connectivity index (χ2n) is 5.99. The zero-order chi connectivity index (χ0) is 19.2. The number of amides is 1. The molecule has 26 heavy (non-hydrogen) atoms. The van der Waals surface area contributed by atoms with Crippen LogP contribution in [0.3, 0.4) is 0 Å². The third kappa shape index (κ3) is 5.02. The Kier molecular flexibility index (Phi) is 6.27. The topological polar surface area (TPSA) is 64.6 Å². The van der Waals surface area contributed by atoms with Crippen molar-refractivity contribution in [2.24, 2.45) is 0 Å². The van der Waals surface area contributed by atoms with Gasteiger partial charge in [0, 0.05) is 0 Å². The summed E-state index contributed by atoms with van der Waals surface area (Å²) in [5.74, 6) is -1.41. The number of carbonyl (C=O) groups is 2. The zero-order valence-electron chi connectivity index (χ0n) is 14.4.